The lowest BCUT2D eigenvalue weighted by atomic mass is 9.90. The molecule has 0 aliphatic heterocycles. The highest BCUT2D eigenvalue weighted by molar-refractivity contribution is 6.30. The first kappa shape index (κ1) is 17.3. The fraction of sp³-hybridized carbons (Fsp3) is 0.667. The first-order chi connectivity index (χ1) is 10.4. The average molecular weight is 346 g/mol. The molecule has 122 valence electrons. The average Bonchev–Trinajstić information content (AvgIpc) is 2.51. The van der Waals surface area contributed by atoms with Gasteiger partial charge in [-0.1, -0.05) is 11.6 Å². The third kappa shape index (κ3) is 4.71. The van der Waals surface area contributed by atoms with Crippen LogP contribution >= 0.6 is 23.2 Å². The van der Waals surface area contributed by atoms with Crippen LogP contribution in [0.4, 0.5) is 0 Å². The normalized spacial score (nSPS) is 22.2. The van der Waals surface area contributed by atoms with E-state index in [9.17, 15) is 4.79 Å². The minimum atomic E-state index is -0.536. The van der Waals surface area contributed by atoms with Gasteiger partial charge in [0.15, 0.2) is 0 Å². The smallest absolute Gasteiger partial charge is 0.316 e. The molecule has 1 aliphatic carbocycles. The van der Waals surface area contributed by atoms with E-state index in [1.54, 1.807) is 0 Å². The van der Waals surface area contributed by atoms with Crippen molar-refractivity contribution in [1.29, 1.82) is 0 Å². The molecule has 0 atom stereocenters. The molecule has 1 aromatic rings. The molecule has 0 bridgehead atoms. The number of aromatic nitrogens is 2. The Bertz CT molecular complexity index is 500. The molecule has 1 heterocycles. The molecule has 0 saturated heterocycles. The number of hydrogen-bond acceptors (Lipinski definition) is 4. The lowest BCUT2D eigenvalue weighted by Crippen LogP contribution is -2.46. The van der Waals surface area contributed by atoms with Gasteiger partial charge >= 0.3 is 6.01 Å². The summed E-state index contributed by atoms with van der Waals surface area (Å²) in [6.45, 7) is 3.70. The van der Waals surface area contributed by atoms with Crippen molar-refractivity contribution in [2.45, 2.75) is 51.7 Å². The highest BCUT2D eigenvalue weighted by Gasteiger charge is 2.30. The second kappa shape index (κ2) is 7.47. The quantitative estimate of drug-likeness (QED) is 0.832. The number of carbonyl (C=O) groups is 1. The van der Waals surface area contributed by atoms with E-state index in [4.69, 9.17) is 27.9 Å². The standard InChI is InChI=1S/C15H21Cl2N3O2/c1-15(2,9-16)13(21)20-11-3-5-12(6-4-11)22-14-18-7-10(17)8-19-14/h7-8,11-12H,3-6,9H2,1-2H3,(H,20,21). The summed E-state index contributed by atoms with van der Waals surface area (Å²) in [5.74, 6) is 0.318. The first-order valence-corrected chi connectivity index (χ1v) is 8.33. The largest absolute Gasteiger partial charge is 0.460 e. The van der Waals surface area contributed by atoms with E-state index in [0.717, 1.165) is 25.7 Å². The summed E-state index contributed by atoms with van der Waals surface area (Å²) < 4.78 is 5.74. The summed E-state index contributed by atoms with van der Waals surface area (Å²) in [5, 5.41) is 3.56. The van der Waals surface area contributed by atoms with Gasteiger partial charge in [0, 0.05) is 11.9 Å². The van der Waals surface area contributed by atoms with Crippen molar-refractivity contribution in [3.63, 3.8) is 0 Å². The molecule has 1 aliphatic rings. The maximum Gasteiger partial charge on any atom is 0.316 e. The number of rotatable bonds is 5. The number of nitrogens with zero attached hydrogens (tertiary/aromatic N) is 2. The summed E-state index contributed by atoms with van der Waals surface area (Å²) in [6, 6.07) is 0.529. The van der Waals surface area contributed by atoms with E-state index in [-0.39, 0.29) is 18.1 Å². The molecule has 1 amide bonds. The van der Waals surface area contributed by atoms with Crippen molar-refractivity contribution >= 4 is 29.1 Å². The van der Waals surface area contributed by atoms with Crippen LogP contribution in [0, 0.1) is 5.41 Å². The van der Waals surface area contributed by atoms with E-state index in [1.807, 2.05) is 13.8 Å². The molecule has 7 heteroatoms. The fourth-order valence-electron chi connectivity index (χ4n) is 2.28. The molecule has 0 spiro atoms. The summed E-state index contributed by atoms with van der Waals surface area (Å²) in [5.41, 5.74) is -0.536. The number of nitrogens with one attached hydrogen (secondary N) is 1. The molecule has 1 N–H and O–H groups in total. The number of ether oxygens (including phenoxy) is 1. The molecule has 1 aromatic heterocycles. The van der Waals surface area contributed by atoms with Crippen LogP contribution in [0.3, 0.4) is 0 Å². The highest BCUT2D eigenvalue weighted by Crippen LogP contribution is 2.24. The van der Waals surface area contributed by atoms with Gasteiger partial charge < -0.3 is 10.1 Å². The molecular formula is C15H21Cl2N3O2. The Morgan fingerprint density at radius 1 is 1.32 bits per heavy atom. The summed E-state index contributed by atoms with van der Waals surface area (Å²) in [6.07, 6.45) is 6.59. The molecule has 2 rings (SSSR count). The van der Waals surface area contributed by atoms with Crippen molar-refractivity contribution in [3.8, 4) is 6.01 Å². The Kier molecular flexibility index (Phi) is 5.87. The van der Waals surface area contributed by atoms with Crippen LogP contribution in [-0.2, 0) is 4.79 Å². The molecular weight excluding hydrogens is 325 g/mol. The first-order valence-electron chi connectivity index (χ1n) is 7.42. The van der Waals surface area contributed by atoms with Gasteiger partial charge in [-0.25, -0.2) is 9.97 Å². The van der Waals surface area contributed by atoms with Gasteiger partial charge in [0.1, 0.15) is 6.10 Å². The van der Waals surface area contributed by atoms with Crippen LogP contribution in [0.2, 0.25) is 5.02 Å². The number of halogens is 2. The minimum absolute atomic E-state index is 0.00732. The summed E-state index contributed by atoms with van der Waals surface area (Å²) in [4.78, 5) is 20.2. The van der Waals surface area contributed by atoms with E-state index in [2.05, 4.69) is 15.3 Å². The Morgan fingerprint density at radius 3 is 2.45 bits per heavy atom. The van der Waals surface area contributed by atoms with Crippen LogP contribution in [0.15, 0.2) is 12.4 Å². The molecule has 1 saturated carbocycles. The highest BCUT2D eigenvalue weighted by atomic mass is 35.5. The van der Waals surface area contributed by atoms with Gasteiger partial charge in [-0.15, -0.1) is 11.6 Å². The Morgan fingerprint density at radius 2 is 1.91 bits per heavy atom. The molecule has 1 fully saturated rings. The zero-order chi connectivity index (χ0) is 16.2. The number of hydrogen-bond donors (Lipinski definition) is 1. The Labute approximate surface area is 140 Å². The van der Waals surface area contributed by atoms with Gasteiger partial charge in [0.25, 0.3) is 0 Å². The molecule has 0 aromatic carbocycles. The molecule has 0 unspecified atom stereocenters. The lowest BCUT2D eigenvalue weighted by Gasteiger charge is -2.31. The fourth-order valence-corrected chi connectivity index (χ4v) is 2.50. The van der Waals surface area contributed by atoms with Crippen LogP contribution < -0.4 is 10.1 Å². The van der Waals surface area contributed by atoms with Crippen LogP contribution in [0.5, 0.6) is 6.01 Å². The lowest BCUT2D eigenvalue weighted by molar-refractivity contribution is -0.129. The van der Waals surface area contributed by atoms with Crippen LogP contribution in [-0.4, -0.2) is 33.9 Å². The maximum atomic E-state index is 12.1. The zero-order valence-corrected chi connectivity index (χ0v) is 14.3. The number of amides is 1. The maximum absolute atomic E-state index is 12.1. The number of alkyl halides is 1. The van der Waals surface area contributed by atoms with Crippen molar-refractivity contribution in [3.05, 3.63) is 17.4 Å². The van der Waals surface area contributed by atoms with Crippen LogP contribution in [0.25, 0.3) is 0 Å². The molecule has 22 heavy (non-hydrogen) atoms. The second-order valence-electron chi connectivity index (χ2n) is 6.27. The predicted molar refractivity (Wildman–Crippen MR) is 86.4 cm³/mol. The number of carbonyl (C=O) groups excluding carboxylic acids is 1. The summed E-state index contributed by atoms with van der Waals surface area (Å²) in [7, 11) is 0. The van der Waals surface area contributed by atoms with Crippen molar-refractivity contribution in [1.82, 2.24) is 15.3 Å². The molecule has 0 radical (unpaired) electrons. The van der Waals surface area contributed by atoms with Gasteiger partial charge in [-0.2, -0.15) is 0 Å². The van der Waals surface area contributed by atoms with Gasteiger partial charge in [-0.05, 0) is 39.5 Å². The van der Waals surface area contributed by atoms with E-state index >= 15 is 0 Å². The van der Waals surface area contributed by atoms with Crippen molar-refractivity contribution in [2.24, 2.45) is 5.41 Å². The van der Waals surface area contributed by atoms with Gasteiger partial charge in [-0.3, -0.25) is 4.79 Å². The van der Waals surface area contributed by atoms with Crippen molar-refractivity contribution in [2.75, 3.05) is 5.88 Å². The van der Waals surface area contributed by atoms with E-state index in [1.165, 1.54) is 12.4 Å². The third-order valence-electron chi connectivity index (χ3n) is 3.83. The topological polar surface area (TPSA) is 64.1 Å². The predicted octanol–water partition coefficient (Wildman–Crippen LogP) is 3.20. The van der Waals surface area contributed by atoms with Gasteiger partial charge in [0.05, 0.1) is 22.8 Å². The minimum Gasteiger partial charge on any atom is -0.460 e. The van der Waals surface area contributed by atoms with E-state index < -0.39 is 5.41 Å². The Hall–Kier alpha value is -1.07. The molecule has 5 nitrogen and oxygen atoms in total. The third-order valence-corrected chi connectivity index (χ3v) is 4.69. The summed E-state index contributed by atoms with van der Waals surface area (Å²) >= 11 is 11.6. The van der Waals surface area contributed by atoms with Crippen molar-refractivity contribution < 1.29 is 9.53 Å². The van der Waals surface area contributed by atoms with E-state index in [0.29, 0.717) is 16.9 Å². The Balaban J connectivity index is 1.78. The SMILES string of the molecule is CC(C)(CCl)C(=O)NC1CCC(Oc2ncc(Cl)cn2)CC1. The van der Waals surface area contributed by atoms with Crippen LogP contribution in [0.1, 0.15) is 39.5 Å². The van der Waals surface area contributed by atoms with Gasteiger partial charge in [0.2, 0.25) is 5.91 Å². The second-order valence-corrected chi connectivity index (χ2v) is 6.97. The monoisotopic (exact) mass is 345 g/mol. The zero-order valence-electron chi connectivity index (χ0n) is 12.8.